The molecule has 1 aromatic heterocycles. The summed E-state index contributed by atoms with van der Waals surface area (Å²) in [6.07, 6.45) is 1.77. The number of aryl methyl sites for hydroxylation is 1. The first-order valence-corrected chi connectivity index (χ1v) is 9.09. The van der Waals surface area contributed by atoms with E-state index in [4.69, 9.17) is 27.9 Å². The van der Waals surface area contributed by atoms with Crippen LogP contribution in [0.15, 0.2) is 24.3 Å². The summed E-state index contributed by atoms with van der Waals surface area (Å²) in [5.74, 6) is -0.828. The smallest absolute Gasteiger partial charge is 0.341 e. The van der Waals surface area contributed by atoms with Gasteiger partial charge in [-0.3, -0.25) is 4.79 Å². The largest absolute Gasteiger partial charge is 0.462 e. The average molecular weight is 386 g/mol. The van der Waals surface area contributed by atoms with Crippen molar-refractivity contribution in [3.8, 4) is 0 Å². The Morgan fingerprint density at radius 2 is 1.79 bits per heavy atom. The molecule has 2 aromatic rings. The lowest BCUT2D eigenvalue weighted by Gasteiger charge is -2.07. The van der Waals surface area contributed by atoms with E-state index in [9.17, 15) is 9.59 Å². The lowest BCUT2D eigenvalue weighted by Crippen LogP contribution is -2.14. The molecule has 0 fully saturated rings. The van der Waals surface area contributed by atoms with Crippen molar-refractivity contribution in [1.82, 2.24) is 0 Å². The highest BCUT2D eigenvalue weighted by atomic mass is 35.5. The zero-order valence-electron chi connectivity index (χ0n) is 13.3. The van der Waals surface area contributed by atoms with Gasteiger partial charge in [0, 0.05) is 20.5 Å². The number of carbonyl (C=O) groups excluding carboxylic acids is 2. The van der Waals surface area contributed by atoms with Gasteiger partial charge >= 0.3 is 5.97 Å². The van der Waals surface area contributed by atoms with Gasteiger partial charge in [-0.2, -0.15) is 0 Å². The lowest BCUT2D eigenvalue weighted by molar-refractivity contribution is 0.0528. The SMILES string of the molecule is CCCc1cc(C(=O)OCC)c(NC(=O)c2cc(Cl)cc(Cl)c2)s1. The predicted octanol–water partition coefficient (Wildman–Crippen LogP) is 5.44. The van der Waals surface area contributed by atoms with Crippen LogP contribution in [-0.2, 0) is 11.2 Å². The number of anilines is 1. The van der Waals surface area contributed by atoms with E-state index in [1.165, 1.54) is 23.5 Å². The van der Waals surface area contributed by atoms with Crippen LogP contribution in [-0.4, -0.2) is 18.5 Å². The van der Waals surface area contributed by atoms with Gasteiger partial charge in [-0.1, -0.05) is 36.5 Å². The Bertz CT molecular complexity index is 738. The number of amides is 1. The van der Waals surface area contributed by atoms with Gasteiger partial charge in [0.1, 0.15) is 5.00 Å². The average Bonchev–Trinajstić information content (AvgIpc) is 2.89. The van der Waals surface area contributed by atoms with Crippen LogP contribution < -0.4 is 5.32 Å². The van der Waals surface area contributed by atoms with E-state index in [2.05, 4.69) is 12.2 Å². The van der Waals surface area contributed by atoms with Gasteiger partial charge in [-0.15, -0.1) is 11.3 Å². The molecule has 1 N–H and O–H groups in total. The molecule has 0 aliphatic rings. The number of nitrogens with one attached hydrogen (secondary N) is 1. The van der Waals surface area contributed by atoms with Crippen molar-refractivity contribution < 1.29 is 14.3 Å². The monoisotopic (exact) mass is 385 g/mol. The summed E-state index contributed by atoms with van der Waals surface area (Å²) < 4.78 is 5.06. The topological polar surface area (TPSA) is 55.4 Å². The van der Waals surface area contributed by atoms with Crippen molar-refractivity contribution in [3.63, 3.8) is 0 Å². The number of benzene rings is 1. The van der Waals surface area contributed by atoms with E-state index < -0.39 is 5.97 Å². The zero-order chi connectivity index (χ0) is 17.7. The number of halogens is 2. The standard InChI is InChI=1S/C17H17Cl2NO3S/c1-3-5-13-9-14(17(22)23-4-2)16(24-13)20-15(21)10-6-11(18)8-12(19)7-10/h6-9H,3-5H2,1-2H3,(H,20,21). The molecule has 0 unspecified atom stereocenters. The molecule has 24 heavy (non-hydrogen) atoms. The number of hydrogen-bond acceptors (Lipinski definition) is 4. The normalized spacial score (nSPS) is 10.5. The van der Waals surface area contributed by atoms with Crippen LogP contribution in [0.1, 0.15) is 45.9 Å². The fourth-order valence-corrected chi connectivity index (χ4v) is 3.79. The summed E-state index contributed by atoms with van der Waals surface area (Å²) in [4.78, 5) is 25.6. The molecule has 0 bridgehead atoms. The van der Waals surface area contributed by atoms with Crippen LogP contribution in [0, 0.1) is 0 Å². The first-order valence-electron chi connectivity index (χ1n) is 7.51. The molecule has 0 atom stereocenters. The number of carbonyl (C=O) groups is 2. The highest BCUT2D eigenvalue weighted by Gasteiger charge is 2.19. The number of hydrogen-bond donors (Lipinski definition) is 1. The summed E-state index contributed by atoms with van der Waals surface area (Å²) >= 11 is 13.2. The Morgan fingerprint density at radius 1 is 1.12 bits per heavy atom. The minimum Gasteiger partial charge on any atom is -0.462 e. The van der Waals surface area contributed by atoms with Crippen molar-refractivity contribution in [2.24, 2.45) is 0 Å². The Kier molecular flexibility index (Phi) is 6.66. The molecule has 0 radical (unpaired) electrons. The molecule has 0 aliphatic carbocycles. The number of thiophene rings is 1. The summed E-state index contributed by atoms with van der Waals surface area (Å²) in [5.41, 5.74) is 0.694. The summed E-state index contributed by atoms with van der Waals surface area (Å²) in [7, 11) is 0. The molecule has 128 valence electrons. The van der Waals surface area contributed by atoms with E-state index in [0.29, 0.717) is 26.2 Å². The third-order valence-electron chi connectivity index (χ3n) is 3.13. The fraction of sp³-hybridized carbons (Fsp3) is 0.294. The fourth-order valence-electron chi connectivity index (χ4n) is 2.13. The highest BCUT2D eigenvalue weighted by Crippen LogP contribution is 2.31. The van der Waals surface area contributed by atoms with Crippen LogP contribution >= 0.6 is 34.5 Å². The Balaban J connectivity index is 2.29. The third-order valence-corrected chi connectivity index (χ3v) is 4.67. The first kappa shape index (κ1) is 18.8. The Morgan fingerprint density at radius 3 is 2.38 bits per heavy atom. The van der Waals surface area contributed by atoms with E-state index in [1.807, 2.05) is 0 Å². The van der Waals surface area contributed by atoms with E-state index >= 15 is 0 Å². The molecule has 0 saturated heterocycles. The van der Waals surface area contributed by atoms with E-state index in [-0.39, 0.29) is 12.5 Å². The van der Waals surface area contributed by atoms with Crippen molar-refractivity contribution in [2.45, 2.75) is 26.7 Å². The molecule has 0 saturated carbocycles. The molecule has 2 rings (SSSR count). The summed E-state index contributed by atoms with van der Waals surface area (Å²) in [6, 6.07) is 6.36. The molecule has 1 heterocycles. The van der Waals surface area contributed by atoms with E-state index in [0.717, 1.165) is 17.7 Å². The highest BCUT2D eigenvalue weighted by molar-refractivity contribution is 7.16. The van der Waals surface area contributed by atoms with Gasteiger partial charge in [-0.25, -0.2) is 4.79 Å². The van der Waals surface area contributed by atoms with Crippen molar-refractivity contribution in [2.75, 3.05) is 11.9 Å². The maximum Gasteiger partial charge on any atom is 0.341 e. The Labute approximate surface area is 154 Å². The quantitative estimate of drug-likeness (QED) is 0.673. The van der Waals surface area contributed by atoms with Gasteiger partial charge in [0.15, 0.2) is 0 Å². The number of ether oxygens (including phenoxy) is 1. The zero-order valence-corrected chi connectivity index (χ0v) is 15.6. The minimum atomic E-state index is -0.449. The molecule has 4 nitrogen and oxygen atoms in total. The molecule has 0 aliphatic heterocycles. The van der Waals surface area contributed by atoms with Crippen LogP contribution in [0.4, 0.5) is 5.00 Å². The third kappa shape index (κ3) is 4.72. The number of rotatable bonds is 6. The van der Waals surface area contributed by atoms with E-state index in [1.54, 1.807) is 19.1 Å². The predicted molar refractivity (Wildman–Crippen MR) is 98.7 cm³/mol. The molecule has 0 spiro atoms. The minimum absolute atomic E-state index is 0.273. The summed E-state index contributed by atoms with van der Waals surface area (Å²) in [6.45, 7) is 4.06. The van der Waals surface area contributed by atoms with Gasteiger partial charge < -0.3 is 10.1 Å². The molecule has 7 heteroatoms. The second kappa shape index (κ2) is 8.51. The van der Waals surface area contributed by atoms with Crippen molar-refractivity contribution in [1.29, 1.82) is 0 Å². The van der Waals surface area contributed by atoms with Crippen molar-refractivity contribution in [3.05, 3.63) is 50.3 Å². The summed E-state index contributed by atoms with van der Waals surface area (Å²) in [5, 5.41) is 3.97. The van der Waals surface area contributed by atoms with Crippen LogP contribution in [0.25, 0.3) is 0 Å². The molecule has 1 amide bonds. The van der Waals surface area contributed by atoms with Crippen LogP contribution in [0.3, 0.4) is 0 Å². The molecule has 1 aromatic carbocycles. The molecular formula is C17H17Cl2NO3S. The Hall–Kier alpha value is -1.56. The lowest BCUT2D eigenvalue weighted by atomic mass is 10.2. The number of esters is 1. The van der Waals surface area contributed by atoms with Gasteiger partial charge in [0.05, 0.1) is 12.2 Å². The second-order valence-electron chi connectivity index (χ2n) is 5.04. The maximum atomic E-state index is 12.4. The first-order chi connectivity index (χ1) is 11.4. The maximum absolute atomic E-state index is 12.4. The van der Waals surface area contributed by atoms with Crippen LogP contribution in [0.5, 0.6) is 0 Å². The van der Waals surface area contributed by atoms with Crippen LogP contribution in [0.2, 0.25) is 10.0 Å². The van der Waals surface area contributed by atoms with Gasteiger partial charge in [-0.05, 0) is 37.6 Å². The van der Waals surface area contributed by atoms with Crippen molar-refractivity contribution >= 4 is 51.4 Å². The van der Waals surface area contributed by atoms with Gasteiger partial charge in [0.25, 0.3) is 5.91 Å². The van der Waals surface area contributed by atoms with Gasteiger partial charge in [0.2, 0.25) is 0 Å². The molecular weight excluding hydrogens is 369 g/mol. The second-order valence-corrected chi connectivity index (χ2v) is 7.05.